The van der Waals surface area contributed by atoms with Crippen LogP contribution in [-0.2, 0) is 9.47 Å². The number of aromatic amines is 1. The average molecular weight is 409 g/mol. The SMILES string of the molecule is COC(=O)c1c(C)[nH]c(C(=O)[C@@H](C)OC(=O)c2ccc(-n3nccc3C)cc2)c1C. The van der Waals surface area contributed by atoms with E-state index >= 15 is 0 Å². The van der Waals surface area contributed by atoms with Gasteiger partial charge in [0.25, 0.3) is 0 Å². The number of ether oxygens (including phenoxy) is 2. The van der Waals surface area contributed by atoms with Crippen LogP contribution in [0.25, 0.3) is 5.69 Å². The molecule has 0 bridgehead atoms. The zero-order valence-corrected chi connectivity index (χ0v) is 17.5. The van der Waals surface area contributed by atoms with Gasteiger partial charge in [-0.05, 0) is 63.6 Å². The van der Waals surface area contributed by atoms with E-state index in [-0.39, 0.29) is 5.69 Å². The van der Waals surface area contributed by atoms with Crippen LogP contribution in [0.1, 0.15) is 55.1 Å². The first-order valence-corrected chi connectivity index (χ1v) is 9.38. The van der Waals surface area contributed by atoms with E-state index in [0.717, 1.165) is 11.4 Å². The molecule has 0 fully saturated rings. The van der Waals surface area contributed by atoms with Crippen molar-refractivity contribution in [3.8, 4) is 5.69 Å². The van der Waals surface area contributed by atoms with Gasteiger partial charge in [0.2, 0.25) is 5.78 Å². The van der Waals surface area contributed by atoms with E-state index < -0.39 is 23.8 Å². The number of Topliss-reactive ketones (excluding diaryl/α,β-unsaturated/α-hetero) is 1. The van der Waals surface area contributed by atoms with Crippen molar-refractivity contribution < 1.29 is 23.9 Å². The van der Waals surface area contributed by atoms with Crippen molar-refractivity contribution in [3.05, 3.63) is 70.3 Å². The van der Waals surface area contributed by atoms with Crippen LogP contribution in [0.4, 0.5) is 0 Å². The molecule has 0 radical (unpaired) electrons. The summed E-state index contributed by atoms with van der Waals surface area (Å²) >= 11 is 0. The Morgan fingerprint density at radius 3 is 2.27 bits per heavy atom. The average Bonchev–Trinajstić information content (AvgIpc) is 3.29. The van der Waals surface area contributed by atoms with Gasteiger partial charge in [0, 0.05) is 17.6 Å². The lowest BCUT2D eigenvalue weighted by molar-refractivity contribution is 0.0316. The molecule has 2 aromatic heterocycles. The van der Waals surface area contributed by atoms with Gasteiger partial charge in [-0.1, -0.05) is 0 Å². The number of nitrogens with one attached hydrogen (secondary N) is 1. The Kier molecular flexibility index (Phi) is 5.86. The molecular formula is C22H23N3O5. The molecule has 1 atom stereocenters. The monoisotopic (exact) mass is 409 g/mol. The van der Waals surface area contributed by atoms with Gasteiger partial charge < -0.3 is 14.5 Å². The zero-order valence-electron chi connectivity index (χ0n) is 17.5. The van der Waals surface area contributed by atoms with Crippen molar-refractivity contribution in [1.29, 1.82) is 0 Å². The first kappa shape index (κ1) is 21.0. The highest BCUT2D eigenvalue weighted by Crippen LogP contribution is 2.21. The Balaban J connectivity index is 1.73. The normalized spacial score (nSPS) is 11.8. The second kappa shape index (κ2) is 8.36. The summed E-state index contributed by atoms with van der Waals surface area (Å²) in [6, 6.07) is 8.63. The van der Waals surface area contributed by atoms with Gasteiger partial charge in [-0.2, -0.15) is 5.10 Å². The molecule has 0 aliphatic carbocycles. The topological polar surface area (TPSA) is 103 Å². The first-order chi connectivity index (χ1) is 14.2. The number of esters is 2. The Morgan fingerprint density at radius 1 is 1.03 bits per heavy atom. The number of carbonyl (C=O) groups excluding carboxylic acids is 3. The molecule has 1 N–H and O–H groups in total. The minimum absolute atomic E-state index is 0.220. The fourth-order valence-corrected chi connectivity index (χ4v) is 3.27. The Bertz CT molecular complexity index is 1110. The number of aryl methyl sites for hydroxylation is 2. The number of carbonyl (C=O) groups is 3. The number of ketones is 1. The van der Waals surface area contributed by atoms with Crippen molar-refractivity contribution in [2.24, 2.45) is 0 Å². The third-order valence-corrected chi connectivity index (χ3v) is 4.91. The van der Waals surface area contributed by atoms with E-state index in [1.54, 1.807) is 49.0 Å². The van der Waals surface area contributed by atoms with Crippen LogP contribution < -0.4 is 0 Å². The molecule has 30 heavy (non-hydrogen) atoms. The van der Waals surface area contributed by atoms with Crippen molar-refractivity contribution in [3.63, 3.8) is 0 Å². The van der Waals surface area contributed by atoms with Crippen LogP contribution in [0.5, 0.6) is 0 Å². The fourth-order valence-electron chi connectivity index (χ4n) is 3.27. The molecule has 156 valence electrons. The maximum atomic E-state index is 12.8. The fraction of sp³-hybridized carbons (Fsp3) is 0.273. The molecule has 1 aromatic carbocycles. The standard InChI is InChI=1S/C22H23N3O5/c1-12-10-11-23-25(12)17-8-6-16(7-9-17)21(27)30-15(4)20(26)19-13(2)18(14(3)24-19)22(28)29-5/h6-11,15,24H,1-5H3/t15-/m1/s1. The Morgan fingerprint density at radius 2 is 1.70 bits per heavy atom. The molecule has 0 aliphatic rings. The third-order valence-electron chi connectivity index (χ3n) is 4.91. The lowest BCUT2D eigenvalue weighted by atomic mass is 10.1. The summed E-state index contributed by atoms with van der Waals surface area (Å²) in [5, 5.41) is 4.22. The van der Waals surface area contributed by atoms with Gasteiger partial charge in [-0.15, -0.1) is 0 Å². The number of aromatic nitrogens is 3. The molecule has 0 spiro atoms. The van der Waals surface area contributed by atoms with Gasteiger partial charge in [-0.25, -0.2) is 14.3 Å². The summed E-state index contributed by atoms with van der Waals surface area (Å²) in [4.78, 5) is 40.1. The van der Waals surface area contributed by atoms with E-state index in [1.165, 1.54) is 14.0 Å². The van der Waals surface area contributed by atoms with Crippen LogP contribution in [0, 0.1) is 20.8 Å². The maximum Gasteiger partial charge on any atom is 0.339 e. The lowest BCUT2D eigenvalue weighted by Gasteiger charge is -2.13. The summed E-state index contributed by atoms with van der Waals surface area (Å²) in [5.74, 6) is -1.57. The van der Waals surface area contributed by atoms with E-state index in [2.05, 4.69) is 10.1 Å². The van der Waals surface area contributed by atoms with Crippen molar-refractivity contribution >= 4 is 17.7 Å². The van der Waals surface area contributed by atoms with Gasteiger partial charge in [0.1, 0.15) is 0 Å². The zero-order chi connectivity index (χ0) is 22.0. The number of hydrogen-bond acceptors (Lipinski definition) is 6. The summed E-state index contributed by atoms with van der Waals surface area (Å²) in [6.07, 6.45) is 0.661. The van der Waals surface area contributed by atoms with E-state index in [0.29, 0.717) is 22.4 Å². The molecule has 0 amide bonds. The Hall–Kier alpha value is -3.68. The van der Waals surface area contributed by atoms with Crippen LogP contribution in [0.3, 0.4) is 0 Å². The van der Waals surface area contributed by atoms with Crippen LogP contribution in [-0.4, -0.2) is 45.7 Å². The Labute approximate surface area is 173 Å². The molecule has 0 unspecified atom stereocenters. The molecule has 8 heteroatoms. The first-order valence-electron chi connectivity index (χ1n) is 9.38. The molecular weight excluding hydrogens is 386 g/mol. The maximum absolute atomic E-state index is 12.8. The van der Waals surface area contributed by atoms with Crippen LogP contribution in [0.15, 0.2) is 36.5 Å². The number of H-pyrrole nitrogens is 1. The van der Waals surface area contributed by atoms with E-state index in [9.17, 15) is 14.4 Å². The minimum Gasteiger partial charge on any atom is -0.465 e. The second-order valence-corrected chi connectivity index (χ2v) is 6.96. The molecule has 3 aromatic rings. The molecule has 3 rings (SSSR count). The van der Waals surface area contributed by atoms with Gasteiger partial charge in [0.05, 0.1) is 29.6 Å². The van der Waals surface area contributed by atoms with Crippen molar-refractivity contribution in [2.45, 2.75) is 33.8 Å². The largest absolute Gasteiger partial charge is 0.465 e. The minimum atomic E-state index is -1.03. The highest BCUT2D eigenvalue weighted by Gasteiger charge is 2.27. The number of methoxy groups -OCH3 is 1. The predicted molar refractivity (Wildman–Crippen MR) is 109 cm³/mol. The van der Waals surface area contributed by atoms with E-state index in [1.807, 2.05) is 13.0 Å². The molecule has 0 aliphatic heterocycles. The number of hydrogen-bond donors (Lipinski definition) is 1. The van der Waals surface area contributed by atoms with Crippen molar-refractivity contribution in [1.82, 2.24) is 14.8 Å². The number of nitrogens with zero attached hydrogens (tertiary/aromatic N) is 2. The van der Waals surface area contributed by atoms with Gasteiger partial charge in [-0.3, -0.25) is 4.79 Å². The third kappa shape index (κ3) is 3.89. The second-order valence-electron chi connectivity index (χ2n) is 6.96. The van der Waals surface area contributed by atoms with E-state index in [4.69, 9.17) is 9.47 Å². The van der Waals surface area contributed by atoms with Crippen LogP contribution in [0.2, 0.25) is 0 Å². The summed E-state index contributed by atoms with van der Waals surface area (Å²) in [7, 11) is 1.28. The highest BCUT2D eigenvalue weighted by atomic mass is 16.5. The summed E-state index contributed by atoms with van der Waals surface area (Å²) in [5.41, 5.74) is 3.61. The quantitative estimate of drug-likeness (QED) is 0.495. The highest BCUT2D eigenvalue weighted by molar-refractivity contribution is 6.04. The van der Waals surface area contributed by atoms with Gasteiger partial charge >= 0.3 is 11.9 Å². The molecule has 2 heterocycles. The number of rotatable bonds is 6. The summed E-state index contributed by atoms with van der Waals surface area (Å²) in [6.45, 7) is 6.75. The predicted octanol–water partition coefficient (Wildman–Crippen LogP) is 3.34. The molecule has 8 nitrogen and oxygen atoms in total. The summed E-state index contributed by atoms with van der Waals surface area (Å²) < 4.78 is 11.9. The smallest absolute Gasteiger partial charge is 0.339 e. The van der Waals surface area contributed by atoms with Crippen molar-refractivity contribution in [2.75, 3.05) is 7.11 Å². The van der Waals surface area contributed by atoms with Crippen LogP contribution >= 0.6 is 0 Å². The lowest BCUT2D eigenvalue weighted by Crippen LogP contribution is -2.25. The number of benzene rings is 1. The van der Waals surface area contributed by atoms with Gasteiger partial charge in [0.15, 0.2) is 6.10 Å². The molecule has 0 saturated heterocycles. The molecule has 0 saturated carbocycles.